The number of rotatable bonds is 5. The molecule has 0 aliphatic rings. The average molecular weight is 314 g/mol. The van der Waals surface area contributed by atoms with Gasteiger partial charge < -0.3 is 11.1 Å². The number of fused-ring (bicyclic) bond motifs is 1. The van der Waals surface area contributed by atoms with Crippen molar-refractivity contribution in [3.05, 3.63) is 17.1 Å². The lowest BCUT2D eigenvalue weighted by Crippen LogP contribution is -2.25. The van der Waals surface area contributed by atoms with Gasteiger partial charge in [-0.15, -0.1) is 16.4 Å². The van der Waals surface area contributed by atoms with Gasteiger partial charge in [-0.3, -0.25) is 4.79 Å². The van der Waals surface area contributed by atoms with E-state index in [0.717, 1.165) is 6.26 Å². The quantitative estimate of drug-likeness (QED) is 0.774. The van der Waals surface area contributed by atoms with Crippen molar-refractivity contribution in [1.29, 1.82) is 0 Å². The monoisotopic (exact) mass is 314 g/mol. The van der Waals surface area contributed by atoms with Crippen LogP contribution in [0.3, 0.4) is 0 Å². The Morgan fingerprint density at radius 2 is 2.25 bits per heavy atom. The fourth-order valence-electron chi connectivity index (χ4n) is 1.66. The van der Waals surface area contributed by atoms with Crippen LogP contribution in [0, 0.1) is 0 Å². The van der Waals surface area contributed by atoms with Crippen LogP contribution >= 0.6 is 11.3 Å². The fourth-order valence-corrected chi connectivity index (χ4v) is 3.28. The number of nitrogens with zero attached hydrogens (tertiary/aromatic N) is 2. The maximum absolute atomic E-state index is 12.0. The molecule has 2 rings (SSSR count). The molecule has 0 radical (unpaired) electrons. The Labute approximate surface area is 120 Å². The molecule has 7 nitrogen and oxygen atoms in total. The van der Waals surface area contributed by atoms with Gasteiger partial charge in [-0.2, -0.15) is 5.10 Å². The largest absolute Gasteiger partial charge is 0.397 e. The van der Waals surface area contributed by atoms with E-state index in [0.29, 0.717) is 27.2 Å². The number of nitrogens with one attached hydrogen (secondary N) is 1. The molecule has 0 unspecified atom stereocenters. The average Bonchev–Trinajstić information content (AvgIpc) is 2.72. The van der Waals surface area contributed by atoms with Crippen molar-refractivity contribution in [2.24, 2.45) is 0 Å². The molecular weight excluding hydrogens is 300 g/mol. The van der Waals surface area contributed by atoms with Crippen molar-refractivity contribution < 1.29 is 13.2 Å². The summed E-state index contributed by atoms with van der Waals surface area (Å²) in [6.07, 6.45) is 3.05. The summed E-state index contributed by atoms with van der Waals surface area (Å²) >= 11 is 1.17. The molecule has 0 aromatic carbocycles. The number of nitrogens with two attached hydrogens (primary N) is 1. The first kappa shape index (κ1) is 14.7. The van der Waals surface area contributed by atoms with Gasteiger partial charge in [-0.1, -0.05) is 0 Å². The zero-order chi connectivity index (χ0) is 14.8. The normalized spacial score (nSPS) is 11.7. The molecular formula is C11H14N4O3S2. The molecule has 0 aliphatic heterocycles. The maximum atomic E-state index is 12.0. The van der Waals surface area contributed by atoms with Crippen molar-refractivity contribution in [1.82, 2.24) is 15.5 Å². The third-order valence-electron chi connectivity index (χ3n) is 2.60. The van der Waals surface area contributed by atoms with Crippen molar-refractivity contribution in [3.8, 4) is 0 Å². The lowest BCUT2D eigenvalue weighted by Gasteiger charge is -2.03. The second-order valence-corrected chi connectivity index (χ2v) is 7.59. The number of carbonyl (C=O) groups is 1. The molecule has 3 N–H and O–H groups in total. The summed E-state index contributed by atoms with van der Waals surface area (Å²) in [4.78, 5) is 13.0. The Bertz CT molecular complexity index is 739. The number of hydrogen-bond donors (Lipinski definition) is 2. The Hall–Kier alpha value is -1.74. The van der Waals surface area contributed by atoms with E-state index in [9.17, 15) is 13.2 Å². The summed E-state index contributed by atoms with van der Waals surface area (Å²) < 4.78 is 21.9. The molecule has 2 aromatic rings. The van der Waals surface area contributed by atoms with Crippen molar-refractivity contribution >= 4 is 43.0 Å². The highest BCUT2D eigenvalue weighted by Gasteiger charge is 2.16. The van der Waals surface area contributed by atoms with E-state index in [1.165, 1.54) is 17.5 Å². The molecule has 0 spiro atoms. The summed E-state index contributed by atoms with van der Waals surface area (Å²) in [7, 11) is -3.01. The van der Waals surface area contributed by atoms with Crippen LogP contribution in [0.15, 0.2) is 12.3 Å². The van der Waals surface area contributed by atoms with Gasteiger partial charge in [0.15, 0.2) is 0 Å². The highest BCUT2D eigenvalue weighted by Crippen LogP contribution is 2.31. The topological polar surface area (TPSA) is 115 Å². The predicted octanol–water partition coefficient (Wildman–Crippen LogP) is 0.438. The molecule has 0 saturated heterocycles. The van der Waals surface area contributed by atoms with E-state index >= 15 is 0 Å². The van der Waals surface area contributed by atoms with E-state index in [-0.39, 0.29) is 18.2 Å². The minimum absolute atomic E-state index is 0.0423. The van der Waals surface area contributed by atoms with Crippen LogP contribution in [0.2, 0.25) is 0 Å². The van der Waals surface area contributed by atoms with Gasteiger partial charge in [0.05, 0.1) is 17.6 Å². The molecule has 2 aromatic heterocycles. The second-order valence-electron chi connectivity index (χ2n) is 4.33. The summed E-state index contributed by atoms with van der Waals surface area (Å²) in [5, 5.41) is 11.0. The number of anilines is 1. The molecule has 0 bridgehead atoms. The van der Waals surface area contributed by atoms with Crippen molar-refractivity contribution in [2.75, 3.05) is 24.3 Å². The first-order valence-electron chi connectivity index (χ1n) is 5.84. The van der Waals surface area contributed by atoms with Gasteiger partial charge in [0.2, 0.25) is 0 Å². The number of aromatic nitrogens is 2. The highest BCUT2D eigenvalue weighted by molar-refractivity contribution is 7.90. The van der Waals surface area contributed by atoms with Crippen LogP contribution in [0.5, 0.6) is 0 Å². The van der Waals surface area contributed by atoms with Crippen LogP contribution < -0.4 is 11.1 Å². The van der Waals surface area contributed by atoms with Crippen LogP contribution in [-0.2, 0) is 9.84 Å². The number of nitrogen functional groups attached to an aromatic ring is 1. The molecule has 108 valence electrons. The third kappa shape index (κ3) is 3.42. The highest BCUT2D eigenvalue weighted by atomic mass is 32.2. The van der Waals surface area contributed by atoms with Crippen LogP contribution in [-0.4, -0.2) is 43.1 Å². The molecule has 0 aliphatic carbocycles. The maximum Gasteiger partial charge on any atom is 0.263 e. The standard InChI is InChI=1S/C11H14N4O3S2/c1-20(17,18)6-2-4-13-10(16)9-8(12)7-3-5-14-15-11(7)19-9/h3,5H,2,4,6,12H2,1H3,(H,13,16). The van der Waals surface area contributed by atoms with Crippen molar-refractivity contribution in [2.45, 2.75) is 6.42 Å². The number of hydrogen-bond acceptors (Lipinski definition) is 7. The van der Waals surface area contributed by atoms with Crippen LogP contribution in [0.4, 0.5) is 5.69 Å². The first-order chi connectivity index (χ1) is 9.38. The SMILES string of the molecule is CS(=O)(=O)CCCNC(=O)c1sc2nnccc2c1N. The molecule has 0 atom stereocenters. The molecule has 2 heterocycles. The Balaban J connectivity index is 2.03. The summed E-state index contributed by atoms with van der Waals surface area (Å²) in [6.45, 7) is 0.283. The number of amides is 1. The summed E-state index contributed by atoms with van der Waals surface area (Å²) in [5.74, 6) is -0.278. The zero-order valence-corrected chi connectivity index (χ0v) is 12.4. The van der Waals surface area contributed by atoms with E-state index in [2.05, 4.69) is 15.5 Å². The smallest absolute Gasteiger partial charge is 0.263 e. The second kappa shape index (κ2) is 5.71. The summed E-state index contributed by atoms with van der Waals surface area (Å²) in [6, 6.07) is 1.70. The molecule has 0 saturated carbocycles. The summed E-state index contributed by atoms with van der Waals surface area (Å²) in [5.41, 5.74) is 6.27. The molecule has 1 amide bonds. The minimum atomic E-state index is -3.01. The lowest BCUT2D eigenvalue weighted by molar-refractivity contribution is 0.0958. The van der Waals surface area contributed by atoms with Crippen LogP contribution in [0.1, 0.15) is 16.1 Å². The van der Waals surface area contributed by atoms with Gasteiger partial charge >= 0.3 is 0 Å². The first-order valence-corrected chi connectivity index (χ1v) is 8.72. The van der Waals surface area contributed by atoms with Crippen LogP contribution in [0.25, 0.3) is 10.2 Å². The van der Waals surface area contributed by atoms with E-state index < -0.39 is 9.84 Å². The Morgan fingerprint density at radius 1 is 1.50 bits per heavy atom. The molecule has 0 fully saturated rings. The Kier molecular flexibility index (Phi) is 4.19. The van der Waals surface area contributed by atoms with Gasteiger partial charge in [-0.25, -0.2) is 8.42 Å². The minimum Gasteiger partial charge on any atom is -0.397 e. The molecule has 20 heavy (non-hydrogen) atoms. The van der Waals surface area contributed by atoms with E-state index in [1.54, 1.807) is 6.07 Å². The van der Waals surface area contributed by atoms with Gasteiger partial charge in [0, 0.05) is 18.2 Å². The van der Waals surface area contributed by atoms with Gasteiger partial charge in [0.1, 0.15) is 19.5 Å². The van der Waals surface area contributed by atoms with Gasteiger partial charge in [0.25, 0.3) is 5.91 Å². The number of thiophene rings is 1. The van der Waals surface area contributed by atoms with E-state index in [4.69, 9.17) is 5.73 Å². The number of sulfone groups is 1. The van der Waals surface area contributed by atoms with Gasteiger partial charge in [-0.05, 0) is 12.5 Å². The lowest BCUT2D eigenvalue weighted by atomic mass is 10.3. The number of carbonyl (C=O) groups excluding carboxylic acids is 1. The van der Waals surface area contributed by atoms with E-state index in [1.807, 2.05) is 0 Å². The zero-order valence-electron chi connectivity index (χ0n) is 10.8. The molecule has 9 heteroatoms. The third-order valence-corrected chi connectivity index (χ3v) is 4.74. The fraction of sp³-hybridized carbons (Fsp3) is 0.364. The Morgan fingerprint density at radius 3 is 2.90 bits per heavy atom. The van der Waals surface area contributed by atoms with Crippen molar-refractivity contribution in [3.63, 3.8) is 0 Å². The predicted molar refractivity (Wildman–Crippen MR) is 78.5 cm³/mol.